The van der Waals surface area contributed by atoms with Crippen molar-refractivity contribution in [1.82, 2.24) is 4.98 Å². The molecule has 2 bridgehead atoms. The molecule has 3 heterocycles. The Hall–Kier alpha value is -0.750. The molecule has 0 saturated carbocycles. The Balaban J connectivity index is 2.00. The lowest BCUT2D eigenvalue weighted by atomic mass is 9.79. The van der Waals surface area contributed by atoms with Crippen LogP contribution in [0.1, 0.15) is 43.2 Å². The molecule has 0 spiro atoms. The topological polar surface area (TPSA) is 33.1 Å². The maximum Gasteiger partial charge on any atom is 0.416 e. The molecule has 0 aliphatic carbocycles. The van der Waals surface area contributed by atoms with Crippen molar-refractivity contribution in [3.8, 4) is 0 Å². The Kier molecular flexibility index (Phi) is 3.49. The van der Waals surface area contributed by atoms with Gasteiger partial charge in [0.1, 0.15) is 0 Å². The summed E-state index contributed by atoms with van der Waals surface area (Å²) >= 11 is 1.82. The van der Waals surface area contributed by atoms with Crippen LogP contribution in [-0.2, 0) is 11.8 Å². The second-order valence-corrected chi connectivity index (χ2v) is 7.28. The molecular formula is C14H16F3NOS. The highest BCUT2D eigenvalue weighted by Gasteiger charge is 2.47. The molecule has 1 N–H and O–H groups in total. The van der Waals surface area contributed by atoms with Gasteiger partial charge in [-0.05, 0) is 31.7 Å². The van der Waals surface area contributed by atoms with Gasteiger partial charge < -0.3 is 5.11 Å². The minimum Gasteiger partial charge on any atom is -0.385 e. The number of aromatic nitrogens is 1. The first-order valence-corrected chi connectivity index (χ1v) is 7.72. The summed E-state index contributed by atoms with van der Waals surface area (Å²) in [7, 11) is 0. The number of hydrogen-bond donors (Lipinski definition) is 1. The largest absolute Gasteiger partial charge is 0.416 e. The molecule has 110 valence electrons. The summed E-state index contributed by atoms with van der Waals surface area (Å²) in [6, 6.07) is 0.963. The lowest BCUT2D eigenvalue weighted by Crippen LogP contribution is -2.41. The van der Waals surface area contributed by atoms with E-state index in [0.29, 0.717) is 12.8 Å². The van der Waals surface area contributed by atoms with Gasteiger partial charge in [0, 0.05) is 28.5 Å². The monoisotopic (exact) mass is 303 g/mol. The zero-order valence-electron chi connectivity index (χ0n) is 10.9. The Morgan fingerprint density at radius 1 is 1.25 bits per heavy atom. The zero-order valence-corrected chi connectivity index (χ0v) is 11.7. The van der Waals surface area contributed by atoms with Crippen LogP contribution >= 0.6 is 11.8 Å². The number of pyridine rings is 1. The van der Waals surface area contributed by atoms with Crippen LogP contribution in [0.4, 0.5) is 13.2 Å². The predicted octanol–water partition coefficient (Wildman–Crippen LogP) is 3.74. The SMILES string of the molecule is OC1(c2cnccc2C(F)(F)F)CC2CCCC(C1)S2. The van der Waals surface area contributed by atoms with Crippen molar-refractivity contribution in [3.05, 3.63) is 29.6 Å². The number of nitrogens with zero attached hydrogens (tertiary/aromatic N) is 1. The summed E-state index contributed by atoms with van der Waals surface area (Å²) in [5.41, 5.74) is -2.19. The molecule has 20 heavy (non-hydrogen) atoms. The van der Waals surface area contributed by atoms with Crippen molar-refractivity contribution in [2.75, 3.05) is 0 Å². The summed E-state index contributed by atoms with van der Waals surface area (Å²) in [4.78, 5) is 3.81. The van der Waals surface area contributed by atoms with Gasteiger partial charge in [0.25, 0.3) is 0 Å². The fourth-order valence-electron chi connectivity index (χ4n) is 3.35. The van der Waals surface area contributed by atoms with Gasteiger partial charge in [-0.1, -0.05) is 6.42 Å². The van der Waals surface area contributed by atoms with E-state index in [0.717, 1.165) is 31.5 Å². The van der Waals surface area contributed by atoms with Gasteiger partial charge >= 0.3 is 6.18 Å². The van der Waals surface area contributed by atoms with Gasteiger partial charge in [-0.15, -0.1) is 0 Å². The highest BCUT2D eigenvalue weighted by atomic mass is 32.2. The van der Waals surface area contributed by atoms with Crippen LogP contribution in [0.25, 0.3) is 0 Å². The maximum absolute atomic E-state index is 13.1. The fourth-order valence-corrected chi connectivity index (χ4v) is 5.24. The number of halogens is 3. The first-order chi connectivity index (χ1) is 9.38. The molecule has 2 aliphatic rings. The minimum atomic E-state index is -4.45. The van der Waals surface area contributed by atoms with Gasteiger partial charge in [0.05, 0.1) is 11.2 Å². The maximum atomic E-state index is 13.1. The normalized spacial score (nSPS) is 34.0. The summed E-state index contributed by atoms with van der Waals surface area (Å²) in [5.74, 6) is 0. The number of alkyl halides is 3. The zero-order chi connectivity index (χ0) is 14.4. The van der Waals surface area contributed by atoms with Crippen LogP contribution in [0.2, 0.25) is 0 Å². The van der Waals surface area contributed by atoms with Crippen LogP contribution in [-0.4, -0.2) is 20.6 Å². The minimum absolute atomic E-state index is 0.0512. The molecule has 2 fully saturated rings. The van der Waals surface area contributed by atoms with E-state index in [1.165, 1.54) is 6.20 Å². The predicted molar refractivity (Wildman–Crippen MR) is 71.4 cm³/mol. The summed E-state index contributed by atoms with van der Waals surface area (Å²) in [6.07, 6.45) is 1.72. The molecule has 2 atom stereocenters. The lowest BCUT2D eigenvalue weighted by molar-refractivity contribution is -0.141. The highest BCUT2D eigenvalue weighted by Crippen LogP contribution is 2.51. The second kappa shape index (κ2) is 4.91. The Labute approximate surface area is 119 Å². The average Bonchev–Trinajstić information content (AvgIpc) is 2.37. The van der Waals surface area contributed by atoms with Crippen LogP contribution in [0.3, 0.4) is 0 Å². The van der Waals surface area contributed by atoms with Crippen LogP contribution in [0.15, 0.2) is 18.5 Å². The molecule has 3 rings (SSSR count). The smallest absolute Gasteiger partial charge is 0.385 e. The number of aliphatic hydroxyl groups is 1. The van der Waals surface area contributed by atoms with Gasteiger partial charge in [0.15, 0.2) is 0 Å². The molecule has 2 unspecified atom stereocenters. The number of rotatable bonds is 1. The molecule has 2 saturated heterocycles. The van der Waals surface area contributed by atoms with E-state index in [9.17, 15) is 18.3 Å². The Bertz CT molecular complexity index is 493. The Morgan fingerprint density at radius 2 is 1.90 bits per heavy atom. The van der Waals surface area contributed by atoms with Crippen molar-refractivity contribution in [1.29, 1.82) is 0 Å². The van der Waals surface area contributed by atoms with Crippen molar-refractivity contribution < 1.29 is 18.3 Å². The van der Waals surface area contributed by atoms with E-state index in [1.54, 1.807) is 0 Å². The average molecular weight is 303 g/mol. The summed E-state index contributed by atoms with van der Waals surface area (Å²) in [6.45, 7) is 0. The summed E-state index contributed by atoms with van der Waals surface area (Å²) in [5, 5.41) is 11.4. The van der Waals surface area contributed by atoms with E-state index in [2.05, 4.69) is 4.98 Å². The molecule has 0 amide bonds. The molecule has 2 aliphatic heterocycles. The summed E-state index contributed by atoms with van der Waals surface area (Å²) < 4.78 is 39.4. The Morgan fingerprint density at radius 3 is 2.50 bits per heavy atom. The first kappa shape index (κ1) is 14.2. The quantitative estimate of drug-likeness (QED) is 0.858. The van der Waals surface area contributed by atoms with Crippen LogP contribution in [0.5, 0.6) is 0 Å². The standard InChI is InChI=1S/C14H16F3NOS/c15-14(16,17)11-4-5-18-8-12(11)13(19)6-9-2-1-3-10(7-13)20-9/h4-5,8-10,19H,1-3,6-7H2. The molecule has 0 radical (unpaired) electrons. The van der Waals surface area contributed by atoms with Crippen molar-refractivity contribution in [2.45, 2.75) is 54.4 Å². The number of fused-ring (bicyclic) bond motifs is 2. The first-order valence-electron chi connectivity index (χ1n) is 6.78. The molecular weight excluding hydrogens is 287 g/mol. The van der Waals surface area contributed by atoms with E-state index in [4.69, 9.17) is 0 Å². The van der Waals surface area contributed by atoms with E-state index in [1.807, 2.05) is 11.8 Å². The molecule has 0 aromatic carbocycles. The van der Waals surface area contributed by atoms with Crippen molar-refractivity contribution in [2.24, 2.45) is 0 Å². The third kappa shape index (κ3) is 2.55. The van der Waals surface area contributed by atoms with E-state index in [-0.39, 0.29) is 16.1 Å². The molecule has 1 aromatic rings. The molecule has 2 nitrogen and oxygen atoms in total. The second-order valence-electron chi connectivity index (χ2n) is 5.67. The molecule has 6 heteroatoms. The number of thioether (sulfide) groups is 1. The fraction of sp³-hybridized carbons (Fsp3) is 0.643. The van der Waals surface area contributed by atoms with Crippen LogP contribution in [0, 0.1) is 0 Å². The molecule has 1 aromatic heterocycles. The van der Waals surface area contributed by atoms with Crippen molar-refractivity contribution in [3.63, 3.8) is 0 Å². The third-order valence-corrected chi connectivity index (χ3v) is 5.77. The van der Waals surface area contributed by atoms with Crippen molar-refractivity contribution >= 4 is 11.8 Å². The van der Waals surface area contributed by atoms with E-state index >= 15 is 0 Å². The van der Waals surface area contributed by atoms with Gasteiger partial charge in [-0.2, -0.15) is 24.9 Å². The van der Waals surface area contributed by atoms with Crippen LogP contribution < -0.4 is 0 Å². The number of hydrogen-bond acceptors (Lipinski definition) is 3. The van der Waals surface area contributed by atoms with E-state index < -0.39 is 17.3 Å². The van der Waals surface area contributed by atoms with Gasteiger partial charge in [0.2, 0.25) is 0 Å². The third-order valence-electron chi connectivity index (χ3n) is 4.20. The van der Waals surface area contributed by atoms with Gasteiger partial charge in [-0.3, -0.25) is 4.98 Å². The van der Waals surface area contributed by atoms with Gasteiger partial charge in [-0.25, -0.2) is 0 Å². The lowest BCUT2D eigenvalue weighted by Gasteiger charge is -2.44. The highest BCUT2D eigenvalue weighted by molar-refractivity contribution is 8.00.